The number of rotatable bonds is 11. The molecule has 0 heterocycles. The number of carbonyl (C=O) groups excluding carboxylic acids is 2. The molecular weight excluding hydrogens is 516 g/mol. The number of isocyanates is 1. The summed E-state index contributed by atoms with van der Waals surface area (Å²) in [7, 11) is -3.46. The first-order valence-corrected chi connectivity index (χ1v) is 15.5. The number of aliphatic imine (C=N–C) groups is 1. The van der Waals surface area contributed by atoms with Gasteiger partial charge < -0.3 is 5.32 Å². The number of nitrogens with one attached hydrogen (secondary N) is 1. The van der Waals surface area contributed by atoms with Crippen molar-refractivity contribution in [1.29, 1.82) is 0 Å². The molecule has 0 spiro atoms. The monoisotopic (exact) mass is 560 g/mol. The van der Waals surface area contributed by atoms with Crippen molar-refractivity contribution >= 4 is 31.9 Å². The molecule has 0 radical (unpaired) electrons. The number of hydrogen-bond acceptors (Lipinski definition) is 8. The maximum absolute atomic E-state index is 12.2. The summed E-state index contributed by atoms with van der Waals surface area (Å²) in [6.07, 6.45) is 3.79. The highest BCUT2D eigenvalue weighted by atomic mass is 32.2. The third kappa shape index (κ3) is 14.0. The van der Waals surface area contributed by atoms with E-state index in [4.69, 9.17) is 0 Å². The lowest BCUT2D eigenvalue weighted by molar-refractivity contribution is 0.0976. The molecule has 0 aliphatic carbocycles. The average Bonchev–Trinajstić information content (AvgIpc) is 2.74. The van der Waals surface area contributed by atoms with Gasteiger partial charge in [0.25, 0.3) is 0 Å². The third-order valence-corrected chi connectivity index (χ3v) is 8.42. The normalized spacial score (nSPS) is 14.4. The molecular formula is C25H44N4O6S2. The van der Waals surface area contributed by atoms with Crippen LogP contribution in [-0.4, -0.2) is 95.6 Å². The van der Waals surface area contributed by atoms with Crippen LogP contribution in [0.5, 0.6) is 0 Å². The number of ketones is 1. The van der Waals surface area contributed by atoms with Gasteiger partial charge in [0.1, 0.15) is 0 Å². The Morgan fingerprint density at radius 1 is 0.892 bits per heavy atom. The minimum absolute atomic E-state index is 0.00291. The van der Waals surface area contributed by atoms with E-state index < -0.39 is 20.0 Å². The Balaban J connectivity index is 0.000000757. The Morgan fingerprint density at radius 2 is 1.35 bits per heavy atom. The molecule has 0 unspecified atom stereocenters. The standard InChI is InChI=1S/C16H26N2O3S.C9H18N2O3S/c1-16(2,3)15(12-18(4)22(5,20)21)17-11-14(19)13-9-7-6-8-10-13;1-9(2,3)8(10-7-12)6-11(4)15(5,13)14/h6-10,15,17H,11-12H2,1-5H3;8H,6H2,1-5H3/t15-;8-/m11/s1. The van der Waals surface area contributed by atoms with Gasteiger partial charge in [0.05, 0.1) is 25.1 Å². The van der Waals surface area contributed by atoms with Gasteiger partial charge in [-0.2, -0.15) is 0 Å². The molecule has 0 bridgehead atoms. The van der Waals surface area contributed by atoms with E-state index in [1.165, 1.54) is 28.0 Å². The zero-order valence-corrected chi connectivity index (χ0v) is 25.4. The Bertz CT molecular complexity index is 1120. The first-order chi connectivity index (χ1) is 16.6. The summed E-state index contributed by atoms with van der Waals surface area (Å²) < 4.78 is 48.0. The van der Waals surface area contributed by atoms with Crippen molar-refractivity contribution in [3.63, 3.8) is 0 Å². The number of nitrogens with zero attached hydrogens (tertiary/aromatic N) is 3. The molecule has 212 valence electrons. The van der Waals surface area contributed by atoms with Gasteiger partial charge >= 0.3 is 0 Å². The lowest BCUT2D eigenvalue weighted by Gasteiger charge is -2.34. The Hall–Kier alpha value is -1.95. The Labute approximate surface area is 223 Å². The van der Waals surface area contributed by atoms with Crippen LogP contribution < -0.4 is 5.32 Å². The molecule has 10 nitrogen and oxygen atoms in total. The van der Waals surface area contributed by atoms with E-state index in [0.29, 0.717) is 12.1 Å². The second kappa shape index (κ2) is 14.3. The van der Waals surface area contributed by atoms with Crippen LogP contribution in [0.3, 0.4) is 0 Å². The van der Waals surface area contributed by atoms with E-state index in [2.05, 4.69) is 10.3 Å². The van der Waals surface area contributed by atoms with Crippen LogP contribution in [0.2, 0.25) is 0 Å². The summed E-state index contributed by atoms with van der Waals surface area (Å²) in [4.78, 5) is 26.0. The van der Waals surface area contributed by atoms with Gasteiger partial charge in [-0.25, -0.2) is 35.2 Å². The molecule has 0 saturated heterocycles. The first-order valence-electron chi connectivity index (χ1n) is 11.8. The van der Waals surface area contributed by atoms with Gasteiger partial charge in [0.2, 0.25) is 26.1 Å². The van der Waals surface area contributed by atoms with E-state index in [1.807, 2.05) is 59.7 Å². The summed E-state index contributed by atoms with van der Waals surface area (Å²) >= 11 is 0. The van der Waals surface area contributed by atoms with Crippen molar-refractivity contribution in [2.24, 2.45) is 15.8 Å². The van der Waals surface area contributed by atoms with Crippen molar-refractivity contribution in [2.75, 3.05) is 46.2 Å². The molecule has 0 saturated carbocycles. The van der Waals surface area contributed by atoms with Crippen molar-refractivity contribution < 1.29 is 26.4 Å². The topological polar surface area (TPSA) is 133 Å². The van der Waals surface area contributed by atoms with E-state index in [0.717, 1.165) is 6.26 Å². The molecule has 0 amide bonds. The fourth-order valence-electron chi connectivity index (χ4n) is 2.93. The van der Waals surface area contributed by atoms with Crippen LogP contribution in [0, 0.1) is 10.8 Å². The molecule has 0 fully saturated rings. The highest BCUT2D eigenvalue weighted by Crippen LogP contribution is 2.23. The van der Waals surface area contributed by atoms with Gasteiger partial charge in [-0.15, -0.1) is 0 Å². The van der Waals surface area contributed by atoms with Gasteiger partial charge in [0, 0.05) is 38.8 Å². The second-order valence-corrected chi connectivity index (χ2v) is 15.5. The maximum Gasteiger partial charge on any atom is 0.235 e. The molecule has 1 N–H and O–H groups in total. The fourth-order valence-corrected chi connectivity index (χ4v) is 3.76. The third-order valence-electron chi connectivity index (χ3n) is 5.86. The van der Waals surface area contributed by atoms with Gasteiger partial charge in [-0.05, 0) is 10.8 Å². The summed E-state index contributed by atoms with van der Waals surface area (Å²) in [6, 6.07) is 8.56. The molecule has 37 heavy (non-hydrogen) atoms. The number of sulfonamides is 2. The SMILES string of the molecule is CN(C[C@@H](N=C=O)C(C)(C)C)S(C)(=O)=O.CN(C[C@@H](NCC(=O)c1ccccc1)C(C)(C)C)S(C)(=O)=O. The van der Waals surface area contributed by atoms with Crippen LogP contribution in [0.4, 0.5) is 0 Å². The minimum atomic E-state index is -3.24. The molecule has 1 aromatic carbocycles. The Kier molecular flexibility index (Phi) is 13.5. The number of Topliss-reactive ketones (excluding diaryl/α,β-unsaturated/α-hetero) is 1. The maximum atomic E-state index is 12.2. The molecule has 1 aromatic rings. The predicted octanol–water partition coefficient (Wildman–Crippen LogP) is 2.39. The molecule has 0 aliphatic rings. The second-order valence-electron chi connectivity index (χ2n) is 11.3. The number of hydrogen-bond donors (Lipinski definition) is 1. The summed E-state index contributed by atoms with van der Waals surface area (Å²) in [6.45, 7) is 12.5. The van der Waals surface area contributed by atoms with E-state index >= 15 is 0 Å². The molecule has 1 rings (SSSR count). The summed E-state index contributed by atoms with van der Waals surface area (Å²) in [5, 5.41) is 3.21. The highest BCUT2D eigenvalue weighted by molar-refractivity contribution is 7.88. The smallest absolute Gasteiger partial charge is 0.235 e. The molecule has 0 aromatic heterocycles. The van der Waals surface area contributed by atoms with Crippen molar-refractivity contribution in [2.45, 2.75) is 53.6 Å². The minimum Gasteiger partial charge on any atom is -0.305 e. The summed E-state index contributed by atoms with van der Waals surface area (Å²) in [5.74, 6) is -0.00291. The van der Waals surface area contributed by atoms with Crippen LogP contribution in [0.1, 0.15) is 51.9 Å². The zero-order valence-electron chi connectivity index (χ0n) is 23.8. The highest BCUT2D eigenvalue weighted by Gasteiger charge is 2.29. The first kappa shape index (κ1) is 35.0. The lowest BCUT2D eigenvalue weighted by atomic mass is 9.86. The average molecular weight is 561 g/mol. The lowest BCUT2D eigenvalue weighted by Crippen LogP contribution is -2.50. The predicted molar refractivity (Wildman–Crippen MR) is 148 cm³/mol. The van der Waals surface area contributed by atoms with Crippen LogP contribution in [-0.2, 0) is 24.8 Å². The largest absolute Gasteiger partial charge is 0.305 e. The van der Waals surface area contributed by atoms with Crippen molar-refractivity contribution in [3.05, 3.63) is 35.9 Å². The van der Waals surface area contributed by atoms with E-state index in [1.54, 1.807) is 19.2 Å². The Morgan fingerprint density at radius 3 is 1.73 bits per heavy atom. The van der Waals surface area contributed by atoms with Gasteiger partial charge in [0.15, 0.2) is 5.78 Å². The molecule has 2 atom stereocenters. The number of likely N-dealkylation sites (N-methyl/N-ethyl adjacent to an activating group) is 2. The van der Waals surface area contributed by atoms with Crippen LogP contribution >= 0.6 is 0 Å². The van der Waals surface area contributed by atoms with E-state index in [9.17, 15) is 26.4 Å². The van der Waals surface area contributed by atoms with Crippen molar-refractivity contribution in [1.82, 2.24) is 13.9 Å². The van der Waals surface area contributed by atoms with Gasteiger partial charge in [-0.3, -0.25) is 4.79 Å². The fraction of sp³-hybridized carbons (Fsp3) is 0.680. The number of carbonyl (C=O) groups is 1. The van der Waals surface area contributed by atoms with Gasteiger partial charge in [-0.1, -0.05) is 71.9 Å². The van der Waals surface area contributed by atoms with Crippen LogP contribution in [0.15, 0.2) is 35.3 Å². The summed E-state index contributed by atoms with van der Waals surface area (Å²) in [5.41, 5.74) is 0.214. The number of benzene rings is 1. The van der Waals surface area contributed by atoms with Crippen molar-refractivity contribution in [3.8, 4) is 0 Å². The van der Waals surface area contributed by atoms with Crippen LogP contribution in [0.25, 0.3) is 0 Å². The quantitative estimate of drug-likeness (QED) is 0.250. The zero-order chi connectivity index (χ0) is 29.2. The molecule has 12 heteroatoms. The molecule has 0 aliphatic heterocycles. The van der Waals surface area contributed by atoms with E-state index in [-0.39, 0.29) is 41.8 Å².